The summed E-state index contributed by atoms with van der Waals surface area (Å²) in [5.41, 5.74) is 3.50. The van der Waals surface area contributed by atoms with E-state index in [4.69, 9.17) is 0 Å². The van der Waals surface area contributed by atoms with Crippen molar-refractivity contribution in [2.75, 3.05) is 5.32 Å². The Morgan fingerprint density at radius 3 is 2.35 bits per heavy atom. The normalized spacial score (nSPS) is 17.5. The number of hydrogen-bond acceptors (Lipinski definition) is 3. The van der Waals surface area contributed by atoms with Crippen LogP contribution in [0.25, 0.3) is 0 Å². The summed E-state index contributed by atoms with van der Waals surface area (Å²) >= 11 is 0. The van der Waals surface area contributed by atoms with Crippen molar-refractivity contribution in [3.63, 3.8) is 0 Å². The van der Waals surface area contributed by atoms with Gasteiger partial charge in [0.1, 0.15) is 5.82 Å². The van der Waals surface area contributed by atoms with Crippen molar-refractivity contribution < 1.29 is 22.4 Å². The number of nitrogens with one attached hydrogen (secondary N) is 2. The summed E-state index contributed by atoms with van der Waals surface area (Å²) < 4.78 is 51.4. The van der Waals surface area contributed by atoms with Crippen molar-refractivity contribution in [1.82, 2.24) is 5.43 Å². The molecular weight excluding hydrogens is 350 g/mol. The molecule has 0 bridgehead atoms. The molecule has 8 heteroatoms. The maximum absolute atomic E-state index is 13.6. The Balaban J connectivity index is 1.76. The van der Waals surface area contributed by atoms with Gasteiger partial charge < -0.3 is 5.32 Å². The second kappa shape index (κ2) is 6.78. The van der Waals surface area contributed by atoms with E-state index in [0.717, 1.165) is 17.3 Å². The lowest BCUT2D eigenvalue weighted by Crippen LogP contribution is -2.31. The van der Waals surface area contributed by atoms with Crippen molar-refractivity contribution in [2.45, 2.75) is 19.5 Å². The molecule has 1 heterocycles. The molecule has 0 aromatic heterocycles. The fourth-order valence-corrected chi connectivity index (χ4v) is 2.72. The van der Waals surface area contributed by atoms with Gasteiger partial charge >= 0.3 is 6.18 Å². The van der Waals surface area contributed by atoms with E-state index in [1.165, 1.54) is 6.07 Å². The zero-order chi connectivity index (χ0) is 18.9. The molecule has 26 heavy (non-hydrogen) atoms. The number of nitrogens with zero attached hydrogens (tertiary/aromatic N) is 1. The van der Waals surface area contributed by atoms with Crippen molar-refractivity contribution in [1.29, 1.82) is 0 Å². The van der Waals surface area contributed by atoms with Crippen LogP contribution in [-0.4, -0.2) is 11.6 Å². The number of amides is 1. The van der Waals surface area contributed by atoms with Crippen LogP contribution in [0.1, 0.15) is 24.5 Å². The minimum Gasteiger partial charge on any atom is -0.355 e. The van der Waals surface area contributed by atoms with Gasteiger partial charge in [0.25, 0.3) is 0 Å². The predicted molar refractivity (Wildman–Crippen MR) is 89.6 cm³/mol. The van der Waals surface area contributed by atoms with E-state index in [0.29, 0.717) is 18.2 Å². The standard InChI is InChI=1S/C18H15F4N3O/c1-10-8-16(26)24-25-17(10)11-2-4-12(5-3-11)23-13-6-7-14(15(19)9-13)18(20,21)22/h2-7,9-10,23H,8H2,1H3,(H,24,26)/t10-/m1/s1. The van der Waals surface area contributed by atoms with Crippen molar-refractivity contribution in [2.24, 2.45) is 11.0 Å². The summed E-state index contributed by atoms with van der Waals surface area (Å²) in [5, 5.41) is 6.92. The molecule has 1 amide bonds. The number of hydrogen-bond donors (Lipinski definition) is 2. The van der Waals surface area contributed by atoms with E-state index >= 15 is 0 Å². The molecule has 136 valence electrons. The summed E-state index contributed by atoms with van der Waals surface area (Å²) in [6.45, 7) is 1.90. The van der Waals surface area contributed by atoms with Crippen LogP contribution in [0.3, 0.4) is 0 Å². The van der Waals surface area contributed by atoms with E-state index in [9.17, 15) is 22.4 Å². The minimum absolute atomic E-state index is 0.0217. The molecule has 0 spiro atoms. The maximum atomic E-state index is 13.6. The van der Waals surface area contributed by atoms with Crippen LogP contribution in [0.15, 0.2) is 47.6 Å². The molecule has 1 aliphatic rings. The van der Waals surface area contributed by atoms with Crippen LogP contribution in [-0.2, 0) is 11.0 Å². The monoisotopic (exact) mass is 365 g/mol. The number of rotatable bonds is 3. The van der Waals surface area contributed by atoms with Gasteiger partial charge in [-0.05, 0) is 35.9 Å². The van der Waals surface area contributed by atoms with Gasteiger partial charge in [-0.2, -0.15) is 18.3 Å². The van der Waals surface area contributed by atoms with E-state index in [1.807, 2.05) is 6.92 Å². The predicted octanol–water partition coefficient (Wildman–Crippen LogP) is 4.45. The van der Waals surface area contributed by atoms with Gasteiger partial charge in [-0.25, -0.2) is 9.82 Å². The molecule has 0 radical (unpaired) electrons. The minimum atomic E-state index is -4.73. The molecule has 0 saturated heterocycles. The Bertz CT molecular complexity index is 860. The molecule has 1 aliphatic heterocycles. The van der Waals surface area contributed by atoms with Gasteiger partial charge in [0, 0.05) is 23.7 Å². The number of carbonyl (C=O) groups excluding carboxylic acids is 1. The molecule has 2 aromatic rings. The Morgan fingerprint density at radius 1 is 1.12 bits per heavy atom. The molecule has 2 N–H and O–H groups in total. The number of carbonyl (C=O) groups is 1. The zero-order valence-corrected chi connectivity index (χ0v) is 13.7. The molecule has 0 aliphatic carbocycles. The van der Waals surface area contributed by atoms with Crippen LogP contribution in [0, 0.1) is 11.7 Å². The summed E-state index contributed by atoms with van der Waals surface area (Å²) in [7, 11) is 0. The SMILES string of the molecule is C[C@@H]1CC(=O)NN=C1c1ccc(Nc2ccc(C(F)(F)F)c(F)c2)cc1. The van der Waals surface area contributed by atoms with E-state index in [1.54, 1.807) is 24.3 Å². The molecule has 3 rings (SSSR count). The highest BCUT2D eigenvalue weighted by Crippen LogP contribution is 2.33. The molecule has 0 fully saturated rings. The molecule has 2 aromatic carbocycles. The third-order valence-corrected chi connectivity index (χ3v) is 4.00. The average molecular weight is 365 g/mol. The first-order valence-corrected chi connectivity index (χ1v) is 7.84. The third-order valence-electron chi connectivity index (χ3n) is 4.00. The number of anilines is 2. The lowest BCUT2D eigenvalue weighted by Gasteiger charge is -2.19. The molecule has 4 nitrogen and oxygen atoms in total. The summed E-state index contributed by atoms with van der Waals surface area (Å²) in [4.78, 5) is 11.3. The highest BCUT2D eigenvalue weighted by Gasteiger charge is 2.33. The number of halogens is 4. The molecule has 0 saturated carbocycles. The van der Waals surface area contributed by atoms with Gasteiger partial charge in [0.2, 0.25) is 5.91 Å². The highest BCUT2D eigenvalue weighted by atomic mass is 19.4. The highest BCUT2D eigenvalue weighted by molar-refractivity contribution is 6.05. The number of benzene rings is 2. The summed E-state index contributed by atoms with van der Waals surface area (Å²) in [6, 6.07) is 9.63. The van der Waals surface area contributed by atoms with Gasteiger partial charge in [-0.1, -0.05) is 19.1 Å². The van der Waals surface area contributed by atoms with Crippen LogP contribution >= 0.6 is 0 Å². The van der Waals surface area contributed by atoms with Crippen LogP contribution < -0.4 is 10.7 Å². The quantitative estimate of drug-likeness (QED) is 0.790. The van der Waals surface area contributed by atoms with Crippen molar-refractivity contribution >= 4 is 23.0 Å². The topological polar surface area (TPSA) is 53.5 Å². The van der Waals surface area contributed by atoms with Crippen LogP contribution in [0.4, 0.5) is 28.9 Å². The fraction of sp³-hybridized carbons (Fsp3) is 0.222. The summed E-state index contributed by atoms with van der Waals surface area (Å²) in [5.74, 6) is -1.49. The van der Waals surface area contributed by atoms with Crippen LogP contribution in [0.5, 0.6) is 0 Å². The first-order valence-electron chi connectivity index (χ1n) is 7.84. The second-order valence-corrected chi connectivity index (χ2v) is 6.03. The van der Waals surface area contributed by atoms with Gasteiger partial charge in [-0.3, -0.25) is 4.79 Å². The van der Waals surface area contributed by atoms with Crippen molar-refractivity contribution in [3.8, 4) is 0 Å². The fourth-order valence-electron chi connectivity index (χ4n) is 2.72. The van der Waals surface area contributed by atoms with E-state index < -0.39 is 17.6 Å². The first-order chi connectivity index (χ1) is 12.2. The molecule has 1 atom stereocenters. The average Bonchev–Trinajstić information content (AvgIpc) is 2.55. The maximum Gasteiger partial charge on any atom is 0.419 e. The lowest BCUT2D eigenvalue weighted by atomic mass is 9.94. The Hall–Kier alpha value is -2.90. The lowest BCUT2D eigenvalue weighted by molar-refractivity contribution is -0.140. The largest absolute Gasteiger partial charge is 0.419 e. The van der Waals surface area contributed by atoms with E-state index in [-0.39, 0.29) is 17.5 Å². The molecular formula is C18H15F4N3O. The molecule has 0 unspecified atom stereocenters. The summed E-state index contributed by atoms with van der Waals surface area (Å²) in [6.07, 6.45) is -4.37. The Morgan fingerprint density at radius 2 is 1.77 bits per heavy atom. The van der Waals surface area contributed by atoms with Gasteiger partial charge in [0.05, 0.1) is 11.3 Å². The second-order valence-electron chi connectivity index (χ2n) is 6.03. The third kappa shape index (κ3) is 3.84. The van der Waals surface area contributed by atoms with Crippen LogP contribution in [0.2, 0.25) is 0 Å². The Labute approximate surface area is 146 Å². The number of alkyl halides is 3. The van der Waals surface area contributed by atoms with Gasteiger partial charge in [0.15, 0.2) is 0 Å². The Kier molecular flexibility index (Phi) is 4.67. The first kappa shape index (κ1) is 17.9. The smallest absolute Gasteiger partial charge is 0.355 e. The van der Waals surface area contributed by atoms with Gasteiger partial charge in [-0.15, -0.1) is 0 Å². The number of hydrazone groups is 1. The van der Waals surface area contributed by atoms with E-state index in [2.05, 4.69) is 15.8 Å². The zero-order valence-electron chi connectivity index (χ0n) is 13.7. The van der Waals surface area contributed by atoms with Crippen molar-refractivity contribution in [3.05, 3.63) is 59.4 Å².